The summed E-state index contributed by atoms with van der Waals surface area (Å²) in [5.74, 6) is -0.964. The number of carbonyl (C=O) groups is 2. The van der Waals surface area contributed by atoms with Crippen LogP contribution in [0.5, 0.6) is 0 Å². The van der Waals surface area contributed by atoms with Crippen molar-refractivity contribution in [3.05, 3.63) is 52.2 Å². The zero-order valence-electron chi connectivity index (χ0n) is 14.2. The molecular weight excluding hydrogens is 376 g/mol. The van der Waals surface area contributed by atoms with Gasteiger partial charge in [0.15, 0.2) is 0 Å². The summed E-state index contributed by atoms with van der Waals surface area (Å²) >= 11 is 1.48. The van der Waals surface area contributed by atoms with Gasteiger partial charge in [0, 0.05) is 24.5 Å². The average Bonchev–Trinajstić information content (AvgIpc) is 3.13. The summed E-state index contributed by atoms with van der Waals surface area (Å²) in [4.78, 5) is 24.6. The van der Waals surface area contributed by atoms with Crippen molar-refractivity contribution in [3.63, 3.8) is 0 Å². The van der Waals surface area contributed by atoms with Gasteiger partial charge in [-0.15, -0.1) is 11.3 Å². The van der Waals surface area contributed by atoms with E-state index in [1.165, 1.54) is 55.9 Å². The largest absolute Gasteiger partial charge is 0.343 e. The number of hydrogen-bond donors (Lipinski definition) is 2. The molecule has 8 nitrogen and oxygen atoms in total. The summed E-state index contributed by atoms with van der Waals surface area (Å²) < 4.78 is 25.0. The van der Waals surface area contributed by atoms with Crippen LogP contribution >= 0.6 is 11.3 Å². The van der Waals surface area contributed by atoms with Crippen molar-refractivity contribution in [2.24, 2.45) is 5.10 Å². The Balaban J connectivity index is 1.86. The highest BCUT2D eigenvalue weighted by molar-refractivity contribution is 7.89. The number of carbonyl (C=O) groups excluding carboxylic acids is 2. The summed E-state index contributed by atoms with van der Waals surface area (Å²) in [5.41, 5.74) is 2.55. The second-order valence-electron chi connectivity index (χ2n) is 5.30. The van der Waals surface area contributed by atoms with Gasteiger partial charge in [-0.3, -0.25) is 9.59 Å². The van der Waals surface area contributed by atoms with E-state index in [1.54, 1.807) is 0 Å². The van der Waals surface area contributed by atoms with E-state index in [4.69, 9.17) is 0 Å². The second-order valence-corrected chi connectivity index (χ2v) is 8.43. The smallest absolute Gasteiger partial charge is 0.259 e. The lowest BCUT2D eigenvalue weighted by molar-refractivity contribution is -0.120. The van der Waals surface area contributed by atoms with Crippen molar-refractivity contribution < 1.29 is 18.0 Å². The van der Waals surface area contributed by atoms with Gasteiger partial charge < -0.3 is 5.32 Å². The summed E-state index contributed by atoms with van der Waals surface area (Å²) in [6.07, 6.45) is 1.51. The molecule has 0 radical (unpaired) electrons. The number of benzene rings is 1. The van der Waals surface area contributed by atoms with Crippen LogP contribution in [0.1, 0.15) is 15.2 Å². The van der Waals surface area contributed by atoms with Crippen molar-refractivity contribution in [2.45, 2.75) is 4.90 Å². The Hall–Kier alpha value is -2.56. The molecule has 0 aliphatic rings. The Morgan fingerprint density at radius 2 is 1.88 bits per heavy atom. The maximum absolute atomic E-state index is 12.0. The molecule has 0 atom stereocenters. The van der Waals surface area contributed by atoms with Crippen LogP contribution in [0.4, 0.5) is 0 Å². The number of sulfonamides is 1. The highest BCUT2D eigenvalue weighted by Gasteiger charge is 2.17. The number of hydrazone groups is 1. The minimum absolute atomic E-state index is 0.0831. The molecule has 1 heterocycles. The van der Waals surface area contributed by atoms with Gasteiger partial charge in [-0.25, -0.2) is 18.1 Å². The predicted octanol–water partition coefficient (Wildman–Crippen LogP) is 0.879. The number of rotatable bonds is 7. The molecule has 0 unspecified atom stereocenters. The van der Waals surface area contributed by atoms with Gasteiger partial charge in [0.05, 0.1) is 17.7 Å². The molecule has 0 fully saturated rings. The van der Waals surface area contributed by atoms with Crippen LogP contribution in [0.25, 0.3) is 0 Å². The fraction of sp³-hybridized carbons (Fsp3) is 0.188. The molecule has 26 heavy (non-hydrogen) atoms. The third-order valence-electron chi connectivity index (χ3n) is 3.23. The van der Waals surface area contributed by atoms with Crippen molar-refractivity contribution in [3.8, 4) is 0 Å². The van der Waals surface area contributed by atoms with Gasteiger partial charge in [-0.05, 0) is 35.7 Å². The molecule has 1 aromatic carbocycles. The van der Waals surface area contributed by atoms with Crippen LogP contribution in [0.3, 0.4) is 0 Å². The Kier molecular flexibility index (Phi) is 6.61. The Morgan fingerprint density at radius 3 is 2.46 bits per heavy atom. The minimum atomic E-state index is -3.55. The molecule has 2 aromatic rings. The standard InChI is InChI=1S/C16H18N4O4S2/c1-20(2)26(23,24)14-7-5-12(6-8-14)16(22)17-11-15(21)19-18-10-13-4-3-9-25-13/h3-10H,11H2,1-2H3,(H,17,22)(H,19,21). The van der Waals surface area contributed by atoms with Gasteiger partial charge in [0.1, 0.15) is 0 Å². The fourth-order valence-electron chi connectivity index (χ4n) is 1.82. The predicted molar refractivity (Wildman–Crippen MR) is 99.7 cm³/mol. The van der Waals surface area contributed by atoms with Crippen LogP contribution < -0.4 is 10.7 Å². The molecule has 2 rings (SSSR count). The zero-order valence-corrected chi connectivity index (χ0v) is 15.8. The molecule has 0 bridgehead atoms. The van der Waals surface area contributed by atoms with Crippen LogP contribution in [0, 0.1) is 0 Å². The SMILES string of the molecule is CN(C)S(=O)(=O)c1ccc(C(=O)NCC(=O)NN=Cc2cccs2)cc1. The van der Waals surface area contributed by atoms with E-state index in [0.717, 1.165) is 9.18 Å². The number of amides is 2. The summed E-state index contributed by atoms with van der Waals surface area (Å²) in [7, 11) is -0.699. The number of thiophene rings is 1. The maximum Gasteiger partial charge on any atom is 0.259 e. The molecule has 2 N–H and O–H groups in total. The van der Waals surface area contributed by atoms with E-state index in [-0.39, 0.29) is 17.0 Å². The first-order chi connectivity index (χ1) is 12.3. The number of nitrogens with one attached hydrogen (secondary N) is 2. The normalized spacial score (nSPS) is 11.7. The topological polar surface area (TPSA) is 108 Å². The van der Waals surface area contributed by atoms with Gasteiger partial charge in [0.2, 0.25) is 10.0 Å². The lowest BCUT2D eigenvalue weighted by atomic mass is 10.2. The first-order valence-corrected chi connectivity index (χ1v) is 9.79. The van der Waals surface area contributed by atoms with Gasteiger partial charge >= 0.3 is 0 Å². The minimum Gasteiger partial charge on any atom is -0.343 e. The maximum atomic E-state index is 12.0. The summed E-state index contributed by atoms with van der Waals surface area (Å²) in [6, 6.07) is 9.17. The van der Waals surface area contributed by atoms with Gasteiger partial charge in [0.25, 0.3) is 11.8 Å². The molecule has 10 heteroatoms. The van der Waals surface area contributed by atoms with Crippen molar-refractivity contribution in [1.82, 2.24) is 15.0 Å². The van der Waals surface area contributed by atoms with Crippen LogP contribution in [0.2, 0.25) is 0 Å². The molecule has 1 aromatic heterocycles. The van der Waals surface area contributed by atoms with Crippen molar-refractivity contribution >= 4 is 39.4 Å². The number of hydrogen-bond acceptors (Lipinski definition) is 6. The molecule has 0 aliphatic heterocycles. The molecule has 0 saturated carbocycles. The van der Waals surface area contributed by atoms with E-state index in [0.29, 0.717) is 0 Å². The third-order valence-corrected chi connectivity index (χ3v) is 5.86. The monoisotopic (exact) mass is 394 g/mol. The Labute approximate surface area is 155 Å². The molecule has 138 valence electrons. The first-order valence-electron chi connectivity index (χ1n) is 7.47. The van der Waals surface area contributed by atoms with Crippen LogP contribution in [-0.4, -0.2) is 51.4 Å². The first kappa shape index (κ1) is 19.8. The van der Waals surface area contributed by atoms with E-state index >= 15 is 0 Å². The highest BCUT2D eigenvalue weighted by Crippen LogP contribution is 2.13. The summed E-state index contributed by atoms with van der Waals surface area (Å²) in [6.45, 7) is -0.252. The quantitative estimate of drug-likeness (QED) is 0.537. The van der Waals surface area contributed by atoms with Crippen LogP contribution in [-0.2, 0) is 14.8 Å². The van der Waals surface area contributed by atoms with Crippen molar-refractivity contribution in [2.75, 3.05) is 20.6 Å². The van der Waals surface area contributed by atoms with E-state index in [1.807, 2.05) is 17.5 Å². The molecule has 0 spiro atoms. The molecular formula is C16H18N4O4S2. The molecule has 0 saturated heterocycles. The van der Waals surface area contributed by atoms with E-state index in [2.05, 4.69) is 15.8 Å². The van der Waals surface area contributed by atoms with E-state index < -0.39 is 21.8 Å². The molecule has 0 aliphatic carbocycles. The number of nitrogens with zero attached hydrogens (tertiary/aromatic N) is 2. The van der Waals surface area contributed by atoms with Gasteiger partial charge in [-0.1, -0.05) is 6.07 Å². The zero-order chi connectivity index (χ0) is 19.2. The second kappa shape index (κ2) is 8.70. The van der Waals surface area contributed by atoms with Crippen molar-refractivity contribution in [1.29, 1.82) is 0 Å². The Bertz CT molecular complexity index is 889. The highest BCUT2D eigenvalue weighted by atomic mass is 32.2. The summed E-state index contributed by atoms with van der Waals surface area (Å²) in [5, 5.41) is 8.11. The lowest BCUT2D eigenvalue weighted by Gasteiger charge is -2.11. The molecule has 2 amide bonds. The lowest BCUT2D eigenvalue weighted by Crippen LogP contribution is -2.34. The third kappa shape index (κ3) is 5.22. The average molecular weight is 394 g/mol. The van der Waals surface area contributed by atoms with Crippen LogP contribution in [0.15, 0.2) is 51.8 Å². The fourth-order valence-corrected chi connectivity index (χ4v) is 3.31. The van der Waals surface area contributed by atoms with Gasteiger partial charge in [-0.2, -0.15) is 5.10 Å². The Morgan fingerprint density at radius 1 is 1.19 bits per heavy atom. The van der Waals surface area contributed by atoms with E-state index in [9.17, 15) is 18.0 Å².